The number of rotatable bonds is 7. The minimum atomic E-state index is -0.518. The van der Waals surface area contributed by atoms with Gasteiger partial charge >= 0.3 is 0 Å². The Morgan fingerprint density at radius 1 is 0.649 bits per heavy atom. The van der Waals surface area contributed by atoms with Crippen molar-refractivity contribution >= 4 is 17.3 Å². The van der Waals surface area contributed by atoms with Crippen LogP contribution >= 0.6 is 0 Å². The van der Waals surface area contributed by atoms with Crippen molar-refractivity contribution in [2.45, 2.75) is 12.8 Å². The summed E-state index contributed by atoms with van der Waals surface area (Å²) in [5.41, 5.74) is 5.05. The van der Waals surface area contributed by atoms with Crippen LogP contribution in [0.1, 0.15) is 37.8 Å². The average Bonchev–Trinajstić information content (AvgIpc) is 2.97. The van der Waals surface area contributed by atoms with E-state index in [0.29, 0.717) is 22.3 Å². The number of benzene rings is 4. The van der Waals surface area contributed by atoms with Crippen molar-refractivity contribution in [2.24, 2.45) is 0 Å². The van der Waals surface area contributed by atoms with E-state index in [1.807, 2.05) is 133 Å². The van der Waals surface area contributed by atoms with Gasteiger partial charge < -0.3 is 9.64 Å². The highest BCUT2D eigenvalue weighted by Crippen LogP contribution is 2.40. The van der Waals surface area contributed by atoms with Gasteiger partial charge in [-0.2, -0.15) is 0 Å². The van der Waals surface area contributed by atoms with Gasteiger partial charge in [0.2, 0.25) is 0 Å². The molecule has 4 aromatic carbocycles. The largest absolute Gasteiger partial charge is 0.497 e. The molecule has 1 aliphatic rings. The van der Waals surface area contributed by atoms with Gasteiger partial charge in [0.1, 0.15) is 5.75 Å². The first-order valence-corrected chi connectivity index (χ1v) is 12.2. The Kier molecular flexibility index (Phi) is 6.82. The summed E-state index contributed by atoms with van der Waals surface area (Å²) in [4.78, 5) is 29.8. The Balaban J connectivity index is 1.70. The van der Waals surface area contributed by atoms with Crippen molar-refractivity contribution in [1.29, 1.82) is 0 Å². The van der Waals surface area contributed by atoms with Crippen LogP contribution in [0.15, 0.2) is 133 Å². The molecule has 4 aromatic rings. The van der Waals surface area contributed by atoms with Crippen molar-refractivity contribution < 1.29 is 14.3 Å². The van der Waals surface area contributed by atoms with Crippen molar-refractivity contribution in [3.05, 3.63) is 155 Å². The van der Waals surface area contributed by atoms with Gasteiger partial charge in [0.05, 0.1) is 7.11 Å². The first kappa shape index (κ1) is 24.0. The molecule has 4 heteroatoms. The summed E-state index contributed by atoms with van der Waals surface area (Å²) < 4.78 is 5.32. The Hall–Kier alpha value is -4.70. The SMILES string of the molecule is COc1ccc(N2C=C(C(=O)c3ccccc3)C(c3ccc(C)cc3)C(C(=O)c3ccccc3)=C2)cc1. The third-order valence-corrected chi connectivity index (χ3v) is 6.56. The number of aryl methyl sites for hydroxylation is 1. The van der Waals surface area contributed by atoms with E-state index in [4.69, 9.17) is 4.74 Å². The number of carbonyl (C=O) groups excluding carboxylic acids is 2. The molecule has 0 aromatic heterocycles. The number of allylic oxidation sites excluding steroid dienone is 2. The predicted octanol–water partition coefficient (Wildman–Crippen LogP) is 7.14. The number of nitrogens with zero attached hydrogens (tertiary/aromatic N) is 1. The smallest absolute Gasteiger partial charge is 0.191 e. The molecule has 0 N–H and O–H groups in total. The summed E-state index contributed by atoms with van der Waals surface area (Å²) in [7, 11) is 1.62. The van der Waals surface area contributed by atoms with Crippen molar-refractivity contribution in [1.82, 2.24) is 0 Å². The van der Waals surface area contributed by atoms with E-state index in [0.717, 1.165) is 22.6 Å². The molecule has 1 aliphatic heterocycles. The predicted molar refractivity (Wildman–Crippen MR) is 147 cm³/mol. The highest BCUT2D eigenvalue weighted by Gasteiger charge is 2.35. The Bertz CT molecular complexity index is 1400. The van der Waals surface area contributed by atoms with Gasteiger partial charge in [0.15, 0.2) is 11.6 Å². The second-order valence-corrected chi connectivity index (χ2v) is 9.01. The summed E-state index contributed by atoms with van der Waals surface area (Å²) in [6, 6.07) is 34.0. The fraction of sp³-hybridized carbons (Fsp3) is 0.0909. The van der Waals surface area contributed by atoms with Crippen molar-refractivity contribution in [3.8, 4) is 5.75 Å². The Labute approximate surface area is 217 Å². The van der Waals surface area contributed by atoms with E-state index in [9.17, 15) is 9.59 Å². The monoisotopic (exact) mass is 485 g/mol. The zero-order chi connectivity index (χ0) is 25.8. The van der Waals surface area contributed by atoms with E-state index < -0.39 is 5.92 Å². The minimum absolute atomic E-state index is 0.115. The number of ether oxygens (including phenoxy) is 1. The van der Waals surface area contributed by atoms with Crippen LogP contribution < -0.4 is 9.64 Å². The minimum Gasteiger partial charge on any atom is -0.497 e. The molecule has 0 saturated carbocycles. The molecule has 5 rings (SSSR count). The molecule has 0 fully saturated rings. The number of methoxy groups -OCH3 is 1. The van der Waals surface area contributed by atoms with Gasteiger partial charge in [-0.15, -0.1) is 0 Å². The number of Topliss-reactive ketones (excluding diaryl/α,β-unsaturated/α-hetero) is 2. The highest BCUT2D eigenvalue weighted by atomic mass is 16.5. The topological polar surface area (TPSA) is 46.6 Å². The maximum atomic E-state index is 14.0. The second kappa shape index (κ2) is 10.5. The third-order valence-electron chi connectivity index (χ3n) is 6.56. The quantitative estimate of drug-likeness (QED) is 0.261. The molecular weight excluding hydrogens is 458 g/mol. The van der Waals surface area contributed by atoms with Gasteiger partial charge in [-0.1, -0.05) is 90.5 Å². The summed E-state index contributed by atoms with van der Waals surface area (Å²) in [5.74, 6) is -0.0183. The first-order valence-electron chi connectivity index (χ1n) is 12.2. The molecule has 0 unspecified atom stereocenters. The van der Waals surface area contributed by atoms with Crippen LogP contribution in [0.4, 0.5) is 5.69 Å². The van der Waals surface area contributed by atoms with Crippen LogP contribution in [0.25, 0.3) is 0 Å². The van der Waals surface area contributed by atoms with Gasteiger partial charge in [-0.05, 0) is 36.8 Å². The van der Waals surface area contributed by atoms with E-state index in [1.165, 1.54) is 0 Å². The molecule has 0 radical (unpaired) electrons. The summed E-state index contributed by atoms with van der Waals surface area (Å²) in [5, 5.41) is 0. The van der Waals surface area contributed by atoms with Crippen LogP contribution in [0.2, 0.25) is 0 Å². The van der Waals surface area contributed by atoms with Gasteiger partial charge in [-0.3, -0.25) is 9.59 Å². The second-order valence-electron chi connectivity index (χ2n) is 9.01. The van der Waals surface area contributed by atoms with Crippen LogP contribution in [0.3, 0.4) is 0 Å². The normalized spacial score (nSPS) is 13.5. The first-order chi connectivity index (χ1) is 18.0. The molecule has 1 heterocycles. The van der Waals surface area contributed by atoms with Crippen LogP contribution in [0.5, 0.6) is 5.75 Å². The number of ketones is 2. The molecule has 0 spiro atoms. The maximum absolute atomic E-state index is 14.0. The molecule has 4 nitrogen and oxygen atoms in total. The lowest BCUT2D eigenvalue weighted by Gasteiger charge is -2.31. The van der Waals surface area contributed by atoms with Crippen LogP contribution in [-0.4, -0.2) is 18.7 Å². The average molecular weight is 486 g/mol. The fourth-order valence-corrected chi connectivity index (χ4v) is 4.57. The van der Waals surface area contributed by atoms with Crippen molar-refractivity contribution in [2.75, 3.05) is 12.0 Å². The Morgan fingerprint density at radius 3 is 1.59 bits per heavy atom. The molecule has 0 bridgehead atoms. The van der Waals surface area contributed by atoms with E-state index in [1.54, 1.807) is 7.11 Å². The van der Waals surface area contributed by atoms with E-state index in [-0.39, 0.29) is 11.6 Å². The molecule has 0 amide bonds. The standard InChI is InChI=1S/C33H27NO3/c1-23-13-15-24(16-14-23)31-29(32(35)25-9-5-3-6-10-25)21-34(27-17-19-28(37-2)20-18-27)22-30(31)33(36)26-11-7-4-8-12-26/h3-22,31H,1-2H3. The fourth-order valence-electron chi connectivity index (χ4n) is 4.57. The molecule has 37 heavy (non-hydrogen) atoms. The molecule has 0 saturated heterocycles. The number of anilines is 1. The van der Waals surface area contributed by atoms with Gasteiger partial charge in [0, 0.05) is 46.3 Å². The number of hydrogen-bond donors (Lipinski definition) is 0. The third kappa shape index (κ3) is 5.00. The lowest BCUT2D eigenvalue weighted by molar-refractivity contribution is 0.101. The van der Waals surface area contributed by atoms with Crippen LogP contribution in [0, 0.1) is 6.92 Å². The van der Waals surface area contributed by atoms with E-state index in [2.05, 4.69) is 0 Å². The maximum Gasteiger partial charge on any atom is 0.191 e. The zero-order valence-corrected chi connectivity index (χ0v) is 20.8. The van der Waals surface area contributed by atoms with Crippen molar-refractivity contribution in [3.63, 3.8) is 0 Å². The highest BCUT2D eigenvalue weighted by molar-refractivity contribution is 6.16. The lowest BCUT2D eigenvalue weighted by atomic mass is 9.77. The van der Waals surface area contributed by atoms with Gasteiger partial charge in [0.25, 0.3) is 0 Å². The number of carbonyl (C=O) groups is 2. The zero-order valence-electron chi connectivity index (χ0n) is 20.8. The summed E-state index contributed by atoms with van der Waals surface area (Å²) >= 11 is 0. The molecule has 182 valence electrons. The molecule has 0 aliphatic carbocycles. The lowest BCUT2D eigenvalue weighted by Crippen LogP contribution is -2.28. The summed E-state index contributed by atoms with van der Waals surface area (Å²) in [6.45, 7) is 2.02. The molecule has 0 atom stereocenters. The van der Waals surface area contributed by atoms with E-state index >= 15 is 0 Å². The van der Waals surface area contributed by atoms with Gasteiger partial charge in [-0.25, -0.2) is 0 Å². The van der Waals surface area contributed by atoms with Crippen LogP contribution in [-0.2, 0) is 0 Å². The summed E-state index contributed by atoms with van der Waals surface area (Å²) in [6.07, 6.45) is 3.70. The molecular formula is C33H27NO3. The Morgan fingerprint density at radius 2 is 1.14 bits per heavy atom. The number of hydrogen-bond acceptors (Lipinski definition) is 4.